The van der Waals surface area contributed by atoms with Crippen LogP contribution in [0.15, 0.2) is 53.3 Å². The van der Waals surface area contributed by atoms with E-state index < -0.39 is 0 Å². The van der Waals surface area contributed by atoms with Gasteiger partial charge in [0.2, 0.25) is 5.78 Å². The third kappa shape index (κ3) is 2.29. The smallest absolute Gasteiger partial charge is 0.268 e. The number of nitrogens with zero attached hydrogens (tertiary/aromatic N) is 4. The first-order valence-corrected chi connectivity index (χ1v) is 9.76. The Bertz CT molecular complexity index is 1530. The van der Waals surface area contributed by atoms with Gasteiger partial charge in [0.1, 0.15) is 11.6 Å². The first-order chi connectivity index (χ1) is 14.6. The molecule has 1 aliphatic carbocycles. The molecule has 6 rings (SSSR count). The zero-order chi connectivity index (χ0) is 20.4. The standard InChI is InChI=1S/C23H16FN5O/c1-12-27-28-23-26-21-19(22(30)29(12)23)18(14-6-9-15(24)10-7-14)17-11-8-13-4-2-3-5-16(13)20(17)25-21/h2-7,9-10H,8,11H2,1H3,(H,25,26,28). The average Bonchev–Trinajstić information content (AvgIpc) is 3.14. The second-order valence-electron chi connectivity index (χ2n) is 7.52. The summed E-state index contributed by atoms with van der Waals surface area (Å²) in [7, 11) is 0. The highest BCUT2D eigenvalue weighted by molar-refractivity contribution is 5.98. The number of aryl methyl sites for hydroxylation is 2. The first kappa shape index (κ1) is 17.0. The molecule has 0 saturated heterocycles. The van der Waals surface area contributed by atoms with Gasteiger partial charge in [-0.1, -0.05) is 36.4 Å². The van der Waals surface area contributed by atoms with Gasteiger partial charge >= 0.3 is 0 Å². The van der Waals surface area contributed by atoms with E-state index in [0.717, 1.165) is 40.8 Å². The van der Waals surface area contributed by atoms with Gasteiger partial charge in [-0.15, -0.1) is 0 Å². The van der Waals surface area contributed by atoms with E-state index >= 15 is 0 Å². The number of hydrogen-bond acceptors (Lipinski definition) is 4. The van der Waals surface area contributed by atoms with Crippen LogP contribution in [0.2, 0.25) is 0 Å². The highest BCUT2D eigenvalue weighted by atomic mass is 19.1. The summed E-state index contributed by atoms with van der Waals surface area (Å²) >= 11 is 0. The van der Waals surface area contributed by atoms with Crippen molar-refractivity contribution in [2.75, 3.05) is 0 Å². The number of hydrogen-bond donors (Lipinski definition) is 1. The average molecular weight is 397 g/mol. The Labute approximate surface area is 170 Å². The van der Waals surface area contributed by atoms with E-state index in [1.807, 2.05) is 18.2 Å². The van der Waals surface area contributed by atoms with E-state index in [1.54, 1.807) is 19.1 Å². The van der Waals surface area contributed by atoms with E-state index in [-0.39, 0.29) is 11.4 Å². The number of aromatic amines is 1. The third-order valence-electron chi connectivity index (χ3n) is 5.81. The zero-order valence-electron chi connectivity index (χ0n) is 16.1. The van der Waals surface area contributed by atoms with Gasteiger partial charge in [-0.2, -0.15) is 10.1 Å². The normalized spacial score (nSPS) is 12.9. The molecule has 30 heavy (non-hydrogen) atoms. The summed E-state index contributed by atoms with van der Waals surface area (Å²) < 4.78 is 15.1. The maximum absolute atomic E-state index is 13.6. The van der Waals surface area contributed by atoms with Crippen molar-refractivity contribution in [1.82, 2.24) is 24.6 Å². The molecule has 1 N–H and O–H groups in total. The molecule has 0 radical (unpaired) electrons. The number of aromatic nitrogens is 5. The molecule has 0 atom stereocenters. The van der Waals surface area contributed by atoms with Crippen molar-refractivity contribution < 1.29 is 4.39 Å². The Morgan fingerprint density at radius 2 is 1.83 bits per heavy atom. The molecule has 0 unspecified atom stereocenters. The summed E-state index contributed by atoms with van der Waals surface area (Å²) in [5.41, 5.74) is 5.78. The molecule has 6 nitrogen and oxygen atoms in total. The Morgan fingerprint density at radius 3 is 2.67 bits per heavy atom. The molecule has 0 saturated carbocycles. The molecular formula is C23H16FN5O. The third-order valence-corrected chi connectivity index (χ3v) is 5.81. The minimum Gasteiger partial charge on any atom is -0.268 e. The number of pyridine rings is 1. The Kier molecular flexibility index (Phi) is 3.44. The van der Waals surface area contributed by atoms with Gasteiger partial charge in [-0.05, 0) is 48.6 Å². The van der Waals surface area contributed by atoms with Gasteiger partial charge in [-0.25, -0.2) is 18.9 Å². The van der Waals surface area contributed by atoms with Crippen molar-refractivity contribution >= 4 is 16.8 Å². The predicted molar refractivity (Wildman–Crippen MR) is 112 cm³/mol. The van der Waals surface area contributed by atoms with Crippen molar-refractivity contribution in [3.05, 3.63) is 81.7 Å². The van der Waals surface area contributed by atoms with Crippen molar-refractivity contribution in [2.45, 2.75) is 19.8 Å². The van der Waals surface area contributed by atoms with Crippen molar-refractivity contribution in [3.8, 4) is 22.4 Å². The largest absolute Gasteiger partial charge is 0.270 e. The molecule has 7 heteroatoms. The molecule has 3 heterocycles. The Hall–Kier alpha value is -3.87. The Balaban J connectivity index is 1.83. The lowest BCUT2D eigenvalue weighted by Crippen LogP contribution is -2.19. The van der Waals surface area contributed by atoms with E-state index in [0.29, 0.717) is 22.6 Å². The van der Waals surface area contributed by atoms with E-state index in [2.05, 4.69) is 21.2 Å². The lowest BCUT2D eigenvalue weighted by molar-refractivity contribution is 0.628. The summed E-state index contributed by atoms with van der Waals surface area (Å²) in [4.78, 5) is 22.9. The fourth-order valence-electron chi connectivity index (χ4n) is 4.44. The molecule has 1 aliphatic rings. The van der Waals surface area contributed by atoms with Crippen LogP contribution >= 0.6 is 0 Å². The van der Waals surface area contributed by atoms with Gasteiger partial charge < -0.3 is 0 Å². The zero-order valence-corrected chi connectivity index (χ0v) is 16.1. The summed E-state index contributed by atoms with van der Waals surface area (Å²) in [6, 6.07) is 14.4. The van der Waals surface area contributed by atoms with Crippen LogP contribution in [0.4, 0.5) is 4.39 Å². The van der Waals surface area contributed by atoms with E-state index in [1.165, 1.54) is 22.1 Å². The molecule has 0 amide bonds. The SMILES string of the molecule is Cc1n[nH]c2nc3nc4c(c(-c5ccc(F)cc5)c3c(=O)n12)CCc1ccccc1-4. The number of rotatable bonds is 1. The van der Waals surface area contributed by atoms with E-state index in [4.69, 9.17) is 4.98 Å². The number of H-pyrrole nitrogens is 1. The Morgan fingerprint density at radius 1 is 1.03 bits per heavy atom. The molecule has 0 spiro atoms. The maximum Gasteiger partial charge on any atom is 0.270 e. The van der Waals surface area contributed by atoms with Crippen LogP contribution < -0.4 is 5.56 Å². The highest BCUT2D eigenvalue weighted by Gasteiger charge is 2.26. The minimum absolute atomic E-state index is 0.227. The van der Waals surface area contributed by atoms with Crippen LogP contribution in [-0.2, 0) is 12.8 Å². The molecular weight excluding hydrogens is 381 g/mol. The molecule has 146 valence electrons. The van der Waals surface area contributed by atoms with Crippen molar-refractivity contribution in [2.24, 2.45) is 0 Å². The minimum atomic E-state index is -0.320. The van der Waals surface area contributed by atoms with Crippen LogP contribution in [0.3, 0.4) is 0 Å². The molecule has 0 fully saturated rings. The molecule has 3 aromatic heterocycles. The highest BCUT2D eigenvalue weighted by Crippen LogP contribution is 2.40. The van der Waals surface area contributed by atoms with Crippen LogP contribution in [0.1, 0.15) is 17.0 Å². The summed E-state index contributed by atoms with van der Waals surface area (Å²) in [5.74, 6) is 0.559. The second kappa shape index (κ2) is 6.06. The van der Waals surface area contributed by atoms with Gasteiger partial charge in [0.05, 0.1) is 11.1 Å². The second-order valence-corrected chi connectivity index (χ2v) is 7.52. The van der Waals surface area contributed by atoms with Crippen LogP contribution in [0, 0.1) is 12.7 Å². The van der Waals surface area contributed by atoms with Gasteiger partial charge in [0, 0.05) is 11.1 Å². The summed E-state index contributed by atoms with van der Waals surface area (Å²) in [6.07, 6.45) is 1.60. The number of nitrogens with one attached hydrogen (secondary N) is 1. The van der Waals surface area contributed by atoms with Gasteiger partial charge in [-0.3, -0.25) is 4.79 Å². The van der Waals surface area contributed by atoms with Gasteiger partial charge in [0.25, 0.3) is 5.56 Å². The lowest BCUT2D eigenvalue weighted by atomic mass is 9.84. The first-order valence-electron chi connectivity index (χ1n) is 9.76. The number of benzene rings is 2. The fourth-order valence-corrected chi connectivity index (χ4v) is 4.44. The predicted octanol–water partition coefficient (Wildman–Crippen LogP) is 3.85. The quantitative estimate of drug-likeness (QED) is 0.466. The fraction of sp³-hybridized carbons (Fsp3) is 0.130. The molecule has 0 bridgehead atoms. The molecule has 5 aromatic rings. The van der Waals surface area contributed by atoms with E-state index in [9.17, 15) is 9.18 Å². The maximum atomic E-state index is 13.6. The number of fused-ring (bicyclic) bond motifs is 5. The van der Waals surface area contributed by atoms with Crippen LogP contribution in [-0.4, -0.2) is 24.6 Å². The van der Waals surface area contributed by atoms with Crippen LogP contribution in [0.25, 0.3) is 39.2 Å². The topological polar surface area (TPSA) is 75.9 Å². The van der Waals surface area contributed by atoms with Crippen LogP contribution in [0.5, 0.6) is 0 Å². The summed E-state index contributed by atoms with van der Waals surface area (Å²) in [5, 5.41) is 7.36. The molecule has 2 aromatic carbocycles. The number of halogens is 1. The van der Waals surface area contributed by atoms with Crippen molar-refractivity contribution in [3.63, 3.8) is 0 Å². The lowest BCUT2D eigenvalue weighted by Gasteiger charge is -2.23. The molecule has 0 aliphatic heterocycles. The monoisotopic (exact) mass is 397 g/mol. The summed E-state index contributed by atoms with van der Waals surface area (Å²) in [6.45, 7) is 1.75. The van der Waals surface area contributed by atoms with Gasteiger partial charge in [0.15, 0.2) is 5.65 Å². The van der Waals surface area contributed by atoms with Crippen molar-refractivity contribution in [1.29, 1.82) is 0 Å².